The summed E-state index contributed by atoms with van der Waals surface area (Å²) in [6.07, 6.45) is 5.82. The molecule has 0 spiro atoms. The fraction of sp³-hybridized carbons (Fsp3) is 0.583. The number of nitriles is 1. The van der Waals surface area contributed by atoms with Crippen LogP contribution in [0.1, 0.15) is 49.3 Å². The molecule has 0 radical (unpaired) electrons. The van der Waals surface area contributed by atoms with Gasteiger partial charge in [0.15, 0.2) is 0 Å². The summed E-state index contributed by atoms with van der Waals surface area (Å²) in [5, 5.41) is 13.3. The highest BCUT2D eigenvalue weighted by Gasteiger charge is 2.21. The summed E-state index contributed by atoms with van der Waals surface area (Å²) in [5.74, 6) is 0.357. The Morgan fingerprint density at radius 2 is 2.12 bits per heavy atom. The molecule has 84 valence electrons. The quantitative estimate of drug-likeness (QED) is 0.719. The van der Waals surface area contributed by atoms with E-state index in [1.807, 2.05) is 0 Å². The second kappa shape index (κ2) is 4.48. The van der Waals surface area contributed by atoms with E-state index in [1.165, 1.54) is 30.0 Å². The van der Waals surface area contributed by atoms with Gasteiger partial charge in [-0.2, -0.15) is 10.4 Å². The van der Waals surface area contributed by atoms with E-state index in [4.69, 9.17) is 5.26 Å². The topological polar surface area (TPSA) is 58.7 Å². The lowest BCUT2D eigenvalue weighted by Gasteiger charge is -2.21. The van der Waals surface area contributed by atoms with Crippen LogP contribution in [0.2, 0.25) is 0 Å². The van der Waals surface area contributed by atoms with Crippen molar-refractivity contribution < 1.29 is 0 Å². The van der Waals surface area contributed by atoms with Gasteiger partial charge < -0.3 is 0 Å². The maximum absolute atomic E-state index is 11.4. The van der Waals surface area contributed by atoms with Crippen LogP contribution in [-0.2, 0) is 7.05 Å². The molecule has 0 unspecified atom stereocenters. The van der Waals surface area contributed by atoms with Crippen LogP contribution < -0.4 is 5.56 Å². The molecule has 4 heteroatoms. The first-order valence-corrected chi connectivity index (χ1v) is 5.70. The molecule has 0 saturated heterocycles. The summed E-state index contributed by atoms with van der Waals surface area (Å²) in [7, 11) is 1.63. The Labute approximate surface area is 94.5 Å². The van der Waals surface area contributed by atoms with E-state index in [-0.39, 0.29) is 5.56 Å². The molecule has 1 heterocycles. The summed E-state index contributed by atoms with van der Waals surface area (Å²) >= 11 is 0. The fourth-order valence-corrected chi connectivity index (χ4v) is 2.32. The fourth-order valence-electron chi connectivity index (χ4n) is 2.32. The first kappa shape index (κ1) is 10.9. The zero-order chi connectivity index (χ0) is 11.5. The van der Waals surface area contributed by atoms with Crippen LogP contribution in [0, 0.1) is 11.3 Å². The van der Waals surface area contributed by atoms with Gasteiger partial charge in [-0.15, -0.1) is 0 Å². The molecule has 1 aliphatic carbocycles. The second-order valence-electron chi connectivity index (χ2n) is 4.35. The van der Waals surface area contributed by atoms with Gasteiger partial charge in [0.2, 0.25) is 0 Å². The number of rotatable bonds is 1. The maximum Gasteiger partial charge on any atom is 0.267 e. The van der Waals surface area contributed by atoms with Gasteiger partial charge in [-0.3, -0.25) is 4.79 Å². The Morgan fingerprint density at radius 3 is 2.75 bits per heavy atom. The summed E-state index contributed by atoms with van der Waals surface area (Å²) in [4.78, 5) is 11.4. The Bertz CT molecular complexity index is 478. The Kier molecular flexibility index (Phi) is 3.04. The number of aryl methyl sites for hydroxylation is 1. The molecular formula is C12H15N3O. The Hall–Kier alpha value is -1.63. The third kappa shape index (κ3) is 1.99. The molecule has 4 nitrogen and oxygen atoms in total. The summed E-state index contributed by atoms with van der Waals surface area (Å²) in [6, 6.07) is 3.48. The Balaban J connectivity index is 2.42. The van der Waals surface area contributed by atoms with E-state index in [2.05, 4.69) is 11.2 Å². The van der Waals surface area contributed by atoms with Gasteiger partial charge in [0.25, 0.3) is 5.56 Å². The summed E-state index contributed by atoms with van der Waals surface area (Å²) in [5.41, 5.74) is 1.05. The highest BCUT2D eigenvalue weighted by atomic mass is 16.1. The zero-order valence-corrected chi connectivity index (χ0v) is 9.44. The minimum Gasteiger partial charge on any atom is -0.268 e. The molecule has 1 aliphatic rings. The van der Waals surface area contributed by atoms with E-state index in [9.17, 15) is 4.79 Å². The molecule has 2 rings (SSSR count). The van der Waals surface area contributed by atoms with Gasteiger partial charge in [-0.25, -0.2) is 4.68 Å². The molecule has 16 heavy (non-hydrogen) atoms. The van der Waals surface area contributed by atoms with E-state index in [0.717, 1.165) is 18.5 Å². The normalized spacial score (nSPS) is 17.0. The monoisotopic (exact) mass is 217 g/mol. The van der Waals surface area contributed by atoms with E-state index < -0.39 is 0 Å². The molecule has 0 amide bonds. The van der Waals surface area contributed by atoms with Crippen molar-refractivity contribution in [2.45, 2.75) is 38.0 Å². The van der Waals surface area contributed by atoms with Gasteiger partial charge >= 0.3 is 0 Å². The van der Waals surface area contributed by atoms with Gasteiger partial charge in [0, 0.05) is 19.0 Å². The molecule has 0 atom stereocenters. The predicted octanol–water partition coefficient (Wildman–Crippen LogP) is 1.70. The molecule has 1 saturated carbocycles. The molecule has 1 aromatic rings. The first-order chi connectivity index (χ1) is 7.72. The molecule has 0 N–H and O–H groups in total. The number of aromatic nitrogens is 2. The van der Waals surface area contributed by atoms with Crippen LogP contribution in [0.15, 0.2) is 10.9 Å². The van der Waals surface area contributed by atoms with Gasteiger partial charge in [-0.1, -0.05) is 19.3 Å². The average molecular weight is 217 g/mol. The van der Waals surface area contributed by atoms with Crippen molar-refractivity contribution in [3.8, 4) is 6.07 Å². The maximum atomic E-state index is 11.4. The zero-order valence-electron chi connectivity index (χ0n) is 9.44. The van der Waals surface area contributed by atoms with Gasteiger partial charge in [0.05, 0.1) is 11.3 Å². The summed E-state index contributed by atoms with van der Waals surface area (Å²) < 4.78 is 1.32. The minimum atomic E-state index is -0.212. The van der Waals surface area contributed by atoms with Crippen molar-refractivity contribution >= 4 is 0 Å². The van der Waals surface area contributed by atoms with E-state index in [0.29, 0.717) is 11.5 Å². The molecule has 0 aliphatic heterocycles. The van der Waals surface area contributed by atoms with Crippen LogP contribution in [0.3, 0.4) is 0 Å². The van der Waals surface area contributed by atoms with Crippen molar-refractivity contribution in [2.24, 2.45) is 7.05 Å². The molecule has 1 aromatic heterocycles. The second-order valence-corrected chi connectivity index (χ2v) is 4.35. The number of hydrogen-bond donors (Lipinski definition) is 0. The minimum absolute atomic E-state index is 0.212. The van der Waals surface area contributed by atoms with Crippen LogP contribution in [0.25, 0.3) is 0 Å². The van der Waals surface area contributed by atoms with E-state index >= 15 is 0 Å². The van der Waals surface area contributed by atoms with Crippen molar-refractivity contribution in [1.29, 1.82) is 5.26 Å². The third-order valence-corrected chi connectivity index (χ3v) is 3.23. The van der Waals surface area contributed by atoms with Gasteiger partial charge in [0.1, 0.15) is 6.07 Å². The summed E-state index contributed by atoms with van der Waals surface area (Å²) in [6.45, 7) is 0. The van der Waals surface area contributed by atoms with Crippen LogP contribution in [-0.4, -0.2) is 9.78 Å². The first-order valence-electron chi connectivity index (χ1n) is 5.70. The predicted molar refractivity (Wildman–Crippen MR) is 60.0 cm³/mol. The molecule has 0 aromatic carbocycles. The average Bonchev–Trinajstić information content (AvgIpc) is 2.33. The van der Waals surface area contributed by atoms with Gasteiger partial charge in [-0.05, 0) is 12.8 Å². The van der Waals surface area contributed by atoms with Crippen molar-refractivity contribution in [3.05, 3.63) is 27.7 Å². The standard InChI is InChI=1S/C12H15N3O/c1-15-11(16)7-10(8-13)12(14-15)9-5-3-2-4-6-9/h7,9H,2-6H2,1H3. The lowest BCUT2D eigenvalue weighted by molar-refractivity contribution is 0.427. The van der Waals surface area contributed by atoms with Crippen LogP contribution in [0.4, 0.5) is 0 Å². The third-order valence-electron chi connectivity index (χ3n) is 3.23. The molecule has 1 fully saturated rings. The number of nitrogens with zero attached hydrogens (tertiary/aromatic N) is 3. The lowest BCUT2D eigenvalue weighted by atomic mass is 9.85. The molecule has 0 bridgehead atoms. The lowest BCUT2D eigenvalue weighted by Crippen LogP contribution is -2.23. The smallest absolute Gasteiger partial charge is 0.267 e. The SMILES string of the molecule is Cn1nc(C2CCCCC2)c(C#N)cc1=O. The molecular weight excluding hydrogens is 202 g/mol. The highest BCUT2D eigenvalue weighted by molar-refractivity contribution is 5.33. The number of hydrogen-bond acceptors (Lipinski definition) is 3. The van der Waals surface area contributed by atoms with Crippen LogP contribution >= 0.6 is 0 Å². The highest BCUT2D eigenvalue weighted by Crippen LogP contribution is 2.32. The van der Waals surface area contributed by atoms with E-state index in [1.54, 1.807) is 7.05 Å². The Morgan fingerprint density at radius 1 is 1.44 bits per heavy atom. The van der Waals surface area contributed by atoms with Crippen molar-refractivity contribution in [2.75, 3.05) is 0 Å². The van der Waals surface area contributed by atoms with Crippen molar-refractivity contribution in [3.63, 3.8) is 0 Å². The largest absolute Gasteiger partial charge is 0.268 e. The van der Waals surface area contributed by atoms with Crippen molar-refractivity contribution in [1.82, 2.24) is 9.78 Å². The van der Waals surface area contributed by atoms with Crippen LogP contribution in [0.5, 0.6) is 0 Å².